The molecule has 0 spiro atoms. The van der Waals surface area contributed by atoms with Gasteiger partial charge in [0.2, 0.25) is 0 Å². The summed E-state index contributed by atoms with van der Waals surface area (Å²) in [6.45, 7) is 1.14. The van der Waals surface area contributed by atoms with Gasteiger partial charge in [0.25, 0.3) is 0 Å². The Morgan fingerprint density at radius 1 is 1.29 bits per heavy atom. The van der Waals surface area contributed by atoms with Gasteiger partial charge in [-0.3, -0.25) is 0 Å². The van der Waals surface area contributed by atoms with Gasteiger partial charge in [-0.2, -0.15) is 5.26 Å². The summed E-state index contributed by atoms with van der Waals surface area (Å²) < 4.78 is 10.9. The van der Waals surface area contributed by atoms with E-state index in [2.05, 4.69) is 0 Å². The van der Waals surface area contributed by atoms with E-state index in [1.54, 1.807) is 6.08 Å². The quantitative estimate of drug-likeness (QED) is 0.631. The Balaban J connectivity index is 2.41. The molecule has 14 heavy (non-hydrogen) atoms. The molecule has 0 radical (unpaired) electrons. The van der Waals surface area contributed by atoms with Crippen molar-refractivity contribution in [2.45, 2.75) is 0 Å². The van der Waals surface area contributed by atoms with Gasteiger partial charge in [-0.1, -0.05) is 12.1 Å². The lowest BCUT2D eigenvalue weighted by Gasteiger charge is -2.19. The number of benzene rings is 1. The van der Waals surface area contributed by atoms with Gasteiger partial charge in [0.05, 0.1) is 6.07 Å². The molecule has 3 heteroatoms. The van der Waals surface area contributed by atoms with E-state index in [0.717, 1.165) is 17.1 Å². The number of allylic oxidation sites excluding steroid dienone is 1. The average Bonchev–Trinajstić information content (AvgIpc) is 2.26. The van der Waals surface area contributed by atoms with Crippen molar-refractivity contribution in [3.05, 3.63) is 29.8 Å². The zero-order valence-corrected chi connectivity index (χ0v) is 7.56. The number of fused-ring (bicyclic) bond motifs is 1. The number of nitriles is 1. The molecule has 0 bridgehead atoms. The molecule has 0 saturated heterocycles. The SMILES string of the molecule is N#C/C=C/c1cccc2c1OCCO2. The van der Waals surface area contributed by atoms with E-state index < -0.39 is 0 Å². The predicted molar refractivity (Wildman–Crippen MR) is 52.1 cm³/mol. The summed E-state index contributed by atoms with van der Waals surface area (Å²) in [5, 5.41) is 8.42. The molecule has 0 atom stereocenters. The van der Waals surface area contributed by atoms with Gasteiger partial charge < -0.3 is 9.47 Å². The minimum absolute atomic E-state index is 0.560. The van der Waals surface area contributed by atoms with Crippen LogP contribution in [0.25, 0.3) is 6.08 Å². The fourth-order valence-corrected chi connectivity index (χ4v) is 1.35. The Kier molecular flexibility index (Phi) is 2.37. The molecule has 0 saturated carbocycles. The van der Waals surface area contributed by atoms with Crippen LogP contribution in [0.5, 0.6) is 11.5 Å². The van der Waals surface area contributed by atoms with Gasteiger partial charge in [-0.05, 0) is 12.1 Å². The van der Waals surface area contributed by atoms with Gasteiger partial charge in [-0.15, -0.1) is 0 Å². The molecule has 0 unspecified atom stereocenters. The second-order valence-corrected chi connectivity index (χ2v) is 2.83. The molecule has 1 aromatic carbocycles. The summed E-state index contributed by atoms with van der Waals surface area (Å²) in [5.41, 5.74) is 0.878. The summed E-state index contributed by atoms with van der Waals surface area (Å²) in [4.78, 5) is 0. The summed E-state index contributed by atoms with van der Waals surface area (Å²) >= 11 is 0. The highest BCUT2D eigenvalue weighted by molar-refractivity contribution is 5.63. The molecule has 1 aliphatic rings. The molecule has 0 aromatic heterocycles. The molecule has 2 rings (SSSR count). The van der Waals surface area contributed by atoms with E-state index in [9.17, 15) is 0 Å². The molecule has 0 amide bonds. The van der Waals surface area contributed by atoms with Crippen LogP contribution in [0.4, 0.5) is 0 Å². The molecular weight excluding hydrogens is 178 g/mol. The molecule has 0 N–H and O–H groups in total. The van der Waals surface area contributed by atoms with Gasteiger partial charge in [-0.25, -0.2) is 0 Å². The largest absolute Gasteiger partial charge is 0.486 e. The van der Waals surface area contributed by atoms with Crippen LogP contribution in [0.1, 0.15) is 5.56 Å². The fraction of sp³-hybridized carbons (Fsp3) is 0.182. The normalized spacial score (nSPS) is 13.9. The Hall–Kier alpha value is -1.95. The molecule has 1 aliphatic heterocycles. The summed E-state index contributed by atoms with van der Waals surface area (Å²) in [5.74, 6) is 1.47. The average molecular weight is 187 g/mol. The van der Waals surface area contributed by atoms with Crippen LogP contribution in [0, 0.1) is 11.3 Å². The van der Waals surface area contributed by atoms with E-state index in [0.29, 0.717) is 13.2 Å². The number of ether oxygens (including phenoxy) is 2. The van der Waals surface area contributed by atoms with E-state index in [4.69, 9.17) is 14.7 Å². The van der Waals surface area contributed by atoms with Gasteiger partial charge in [0.1, 0.15) is 13.2 Å². The van der Waals surface area contributed by atoms with Crippen LogP contribution >= 0.6 is 0 Å². The van der Waals surface area contributed by atoms with Crippen molar-refractivity contribution in [1.82, 2.24) is 0 Å². The molecule has 1 aromatic rings. The van der Waals surface area contributed by atoms with Crippen LogP contribution in [-0.2, 0) is 0 Å². The van der Waals surface area contributed by atoms with Crippen molar-refractivity contribution >= 4 is 6.08 Å². The Morgan fingerprint density at radius 3 is 3.00 bits per heavy atom. The lowest BCUT2D eigenvalue weighted by atomic mass is 10.1. The maximum Gasteiger partial charge on any atom is 0.168 e. The Bertz CT molecular complexity index is 404. The van der Waals surface area contributed by atoms with Crippen LogP contribution in [0.2, 0.25) is 0 Å². The van der Waals surface area contributed by atoms with E-state index in [1.165, 1.54) is 6.08 Å². The first kappa shape index (κ1) is 8.64. The van der Waals surface area contributed by atoms with Crippen molar-refractivity contribution in [2.75, 3.05) is 13.2 Å². The molecule has 0 aliphatic carbocycles. The van der Waals surface area contributed by atoms with E-state index in [1.807, 2.05) is 24.3 Å². The predicted octanol–water partition coefficient (Wildman–Crippen LogP) is 1.99. The summed E-state index contributed by atoms with van der Waals surface area (Å²) in [6, 6.07) is 7.58. The Labute approximate surface area is 82.2 Å². The maximum absolute atomic E-state index is 8.42. The summed E-state index contributed by atoms with van der Waals surface area (Å²) in [6.07, 6.45) is 3.14. The molecular formula is C11H9NO2. The second-order valence-electron chi connectivity index (χ2n) is 2.83. The number of hydrogen-bond acceptors (Lipinski definition) is 3. The lowest BCUT2D eigenvalue weighted by Crippen LogP contribution is -2.15. The van der Waals surface area contributed by atoms with E-state index in [-0.39, 0.29) is 0 Å². The maximum atomic E-state index is 8.42. The highest BCUT2D eigenvalue weighted by Crippen LogP contribution is 2.34. The minimum Gasteiger partial charge on any atom is -0.486 e. The number of para-hydroxylation sites is 1. The van der Waals surface area contributed by atoms with Crippen molar-refractivity contribution < 1.29 is 9.47 Å². The number of rotatable bonds is 1. The van der Waals surface area contributed by atoms with E-state index >= 15 is 0 Å². The highest BCUT2D eigenvalue weighted by Gasteiger charge is 2.13. The zero-order valence-electron chi connectivity index (χ0n) is 7.56. The summed E-state index contributed by atoms with van der Waals surface area (Å²) in [7, 11) is 0. The standard InChI is InChI=1S/C11H9NO2/c12-6-2-4-9-3-1-5-10-11(9)14-8-7-13-10/h1-5H,7-8H2/b4-2+. The van der Waals surface area contributed by atoms with Crippen LogP contribution in [0.15, 0.2) is 24.3 Å². The number of nitrogens with zero attached hydrogens (tertiary/aromatic N) is 1. The van der Waals surface area contributed by atoms with Gasteiger partial charge in [0, 0.05) is 11.6 Å². The zero-order chi connectivity index (χ0) is 9.80. The van der Waals surface area contributed by atoms with Crippen LogP contribution in [-0.4, -0.2) is 13.2 Å². The third-order valence-corrected chi connectivity index (χ3v) is 1.93. The fourth-order valence-electron chi connectivity index (χ4n) is 1.35. The molecule has 1 heterocycles. The highest BCUT2D eigenvalue weighted by atomic mass is 16.6. The monoisotopic (exact) mass is 187 g/mol. The van der Waals surface area contributed by atoms with Crippen LogP contribution in [0.3, 0.4) is 0 Å². The first-order chi connectivity index (χ1) is 6.92. The topological polar surface area (TPSA) is 42.2 Å². The van der Waals surface area contributed by atoms with Crippen molar-refractivity contribution in [1.29, 1.82) is 5.26 Å². The molecule has 3 nitrogen and oxygen atoms in total. The van der Waals surface area contributed by atoms with Crippen molar-refractivity contribution in [2.24, 2.45) is 0 Å². The minimum atomic E-state index is 0.560. The molecule has 70 valence electrons. The lowest BCUT2D eigenvalue weighted by molar-refractivity contribution is 0.171. The van der Waals surface area contributed by atoms with Gasteiger partial charge in [0.15, 0.2) is 11.5 Å². The second kappa shape index (κ2) is 3.84. The third kappa shape index (κ3) is 1.55. The van der Waals surface area contributed by atoms with Crippen LogP contribution < -0.4 is 9.47 Å². The van der Waals surface area contributed by atoms with Gasteiger partial charge >= 0.3 is 0 Å². The third-order valence-electron chi connectivity index (χ3n) is 1.93. The van der Waals surface area contributed by atoms with Crippen molar-refractivity contribution in [3.63, 3.8) is 0 Å². The smallest absolute Gasteiger partial charge is 0.168 e. The Morgan fingerprint density at radius 2 is 2.14 bits per heavy atom. The van der Waals surface area contributed by atoms with Crippen molar-refractivity contribution in [3.8, 4) is 17.6 Å². The molecule has 0 fully saturated rings. The number of hydrogen-bond donors (Lipinski definition) is 0. The first-order valence-electron chi connectivity index (χ1n) is 4.36. The first-order valence-corrected chi connectivity index (χ1v) is 4.36.